The molecule has 0 aromatic heterocycles. The third kappa shape index (κ3) is 6.57. The molecule has 0 rings (SSSR count). The first-order valence-corrected chi connectivity index (χ1v) is 7.12. The van der Waals surface area contributed by atoms with Crippen molar-refractivity contribution in [2.75, 3.05) is 0 Å². The predicted molar refractivity (Wildman–Crippen MR) is 70.8 cm³/mol. The van der Waals surface area contributed by atoms with Crippen LogP contribution in [0.15, 0.2) is 0 Å². The molecule has 0 saturated carbocycles. The van der Waals surface area contributed by atoms with Crippen molar-refractivity contribution in [1.82, 2.24) is 0 Å². The van der Waals surface area contributed by atoms with E-state index in [0.29, 0.717) is 0 Å². The Bertz CT molecular complexity index is 184. The summed E-state index contributed by atoms with van der Waals surface area (Å²) in [6.07, 6.45) is 8.63. The number of hydrogen-bond acceptors (Lipinski definition) is 1. The fourth-order valence-corrected chi connectivity index (χ4v) is 2.36. The first kappa shape index (κ1) is 15.4. The Morgan fingerprint density at radius 1 is 1.07 bits per heavy atom. The number of rotatable bonds is 9. The van der Waals surface area contributed by atoms with Gasteiger partial charge in [-0.15, -0.1) is 0 Å². The highest BCUT2D eigenvalue weighted by molar-refractivity contribution is 9.10. The number of halogens is 2. The van der Waals surface area contributed by atoms with Crippen LogP contribution in [0.1, 0.15) is 65.2 Å². The molecule has 0 amide bonds. The van der Waals surface area contributed by atoms with Gasteiger partial charge >= 0.3 is 0 Å². The van der Waals surface area contributed by atoms with E-state index in [9.17, 15) is 4.79 Å². The fraction of sp³-hybridized carbons (Fsp3) is 0.917. The van der Waals surface area contributed by atoms with Crippen LogP contribution in [0.4, 0.5) is 0 Å². The van der Waals surface area contributed by atoms with E-state index in [4.69, 9.17) is 11.6 Å². The number of unbranched alkanes of at least 4 members (excludes halogenated alkanes) is 4. The van der Waals surface area contributed by atoms with E-state index >= 15 is 0 Å². The summed E-state index contributed by atoms with van der Waals surface area (Å²) in [6.45, 7) is 4.31. The minimum absolute atomic E-state index is 0.229. The van der Waals surface area contributed by atoms with Crippen LogP contribution in [0, 0.1) is 0 Å². The normalized spacial score (nSPS) is 14.9. The number of hydrogen-bond donors (Lipinski definition) is 0. The van der Waals surface area contributed by atoms with Gasteiger partial charge in [0.05, 0.1) is 4.32 Å². The van der Waals surface area contributed by atoms with Gasteiger partial charge in [-0.1, -0.05) is 68.3 Å². The van der Waals surface area contributed by atoms with Gasteiger partial charge in [0.15, 0.2) is 0 Å². The highest BCUT2D eigenvalue weighted by Gasteiger charge is 2.32. The minimum atomic E-state index is -0.460. The lowest BCUT2D eigenvalue weighted by molar-refractivity contribution is -0.114. The zero-order valence-corrected chi connectivity index (χ0v) is 12.2. The molecule has 0 aromatic rings. The Hall–Kier alpha value is 0.440. The van der Waals surface area contributed by atoms with Crippen molar-refractivity contribution < 1.29 is 4.79 Å². The van der Waals surface area contributed by atoms with Crippen LogP contribution in [0.2, 0.25) is 0 Å². The van der Waals surface area contributed by atoms with Crippen LogP contribution in [-0.4, -0.2) is 9.57 Å². The van der Waals surface area contributed by atoms with Crippen LogP contribution in [0.25, 0.3) is 0 Å². The van der Waals surface area contributed by atoms with Crippen LogP contribution in [0.5, 0.6) is 0 Å². The number of alkyl halides is 1. The molecule has 0 fully saturated rings. The summed E-state index contributed by atoms with van der Waals surface area (Å²) in [7, 11) is 0. The Labute approximate surface area is 107 Å². The molecule has 0 saturated heterocycles. The van der Waals surface area contributed by atoms with Crippen LogP contribution in [-0.2, 0) is 4.79 Å². The zero-order chi connectivity index (χ0) is 11.7. The molecule has 90 valence electrons. The lowest BCUT2D eigenvalue weighted by Gasteiger charge is -2.22. The van der Waals surface area contributed by atoms with Crippen molar-refractivity contribution >= 4 is 32.8 Å². The molecule has 1 atom stereocenters. The molecule has 0 aliphatic carbocycles. The van der Waals surface area contributed by atoms with E-state index in [1.807, 2.05) is 0 Å². The van der Waals surface area contributed by atoms with E-state index in [0.717, 1.165) is 32.1 Å². The van der Waals surface area contributed by atoms with Crippen molar-refractivity contribution in [1.29, 1.82) is 0 Å². The maximum Gasteiger partial charge on any atom is 0.238 e. The lowest BCUT2D eigenvalue weighted by Crippen LogP contribution is -2.28. The first-order valence-electron chi connectivity index (χ1n) is 5.95. The van der Waals surface area contributed by atoms with Crippen molar-refractivity contribution in [2.45, 2.75) is 69.5 Å². The summed E-state index contributed by atoms with van der Waals surface area (Å²) in [4.78, 5) is 11.4. The van der Waals surface area contributed by atoms with Crippen molar-refractivity contribution in [3.05, 3.63) is 0 Å². The molecule has 3 heteroatoms. The number of carbonyl (C=O) groups is 1. The summed E-state index contributed by atoms with van der Waals surface area (Å²) in [5.41, 5.74) is 0. The van der Waals surface area contributed by atoms with E-state index < -0.39 is 4.32 Å². The van der Waals surface area contributed by atoms with E-state index in [-0.39, 0.29) is 5.24 Å². The molecule has 0 N–H and O–H groups in total. The highest BCUT2D eigenvalue weighted by atomic mass is 79.9. The molecule has 0 aliphatic rings. The third-order valence-corrected chi connectivity index (χ3v) is 4.45. The maximum atomic E-state index is 11.4. The maximum absolute atomic E-state index is 11.4. The molecule has 0 spiro atoms. The molecule has 0 aromatic carbocycles. The standard InChI is InChI=1S/C12H22BrClO/c1-3-5-7-8-10-12(13,11(14)15)9-6-4-2/h3-10H2,1-2H3. The smallest absolute Gasteiger partial charge is 0.238 e. The molecular weight excluding hydrogens is 275 g/mol. The van der Waals surface area contributed by atoms with E-state index in [2.05, 4.69) is 29.8 Å². The van der Waals surface area contributed by atoms with E-state index in [1.54, 1.807) is 0 Å². The topological polar surface area (TPSA) is 17.1 Å². The predicted octanol–water partition coefficient (Wildman–Crippen LogP) is 5.05. The van der Waals surface area contributed by atoms with Crippen LogP contribution < -0.4 is 0 Å². The Morgan fingerprint density at radius 2 is 1.60 bits per heavy atom. The second-order valence-corrected chi connectivity index (χ2v) is 6.01. The van der Waals surface area contributed by atoms with Gasteiger partial charge in [0.25, 0.3) is 0 Å². The third-order valence-electron chi connectivity index (χ3n) is 2.71. The van der Waals surface area contributed by atoms with Gasteiger partial charge < -0.3 is 0 Å². The molecule has 0 aliphatic heterocycles. The van der Waals surface area contributed by atoms with Crippen LogP contribution >= 0.6 is 27.5 Å². The Morgan fingerprint density at radius 3 is 2.07 bits per heavy atom. The highest BCUT2D eigenvalue weighted by Crippen LogP contribution is 2.33. The first-order chi connectivity index (χ1) is 7.06. The molecule has 1 unspecified atom stereocenters. The van der Waals surface area contributed by atoms with Crippen molar-refractivity contribution in [3.63, 3.8) is 0 Å². The van der Waals surface area contributed by atoms with Gasteiger partial charge in [0, 0.05) is 0 Å². The van der Waals surface area contributed by atoms with Gasteiger partial charge in [-0.3, -0.25) is 4.79 Å². The summed E-state index contributed by atoms with van der Waals surface area (Å²) in [6, 6.07) is 0. The molecule has 0 heterocycles. The van der Waals surface area contributed by atoms with Gasteiger partial charge in [-0.05, 0) is 24.4 Å². The second kappa shape index (κ2) is 8.58. The zero-order valence-electron chi connectivity index (χ0n) is 9.82. The Kier molecular flexibility index (Phi) is 8.83. The second-order valence-electron chi connectivity index (χ2n) is 4.15. The van der Waals surface area contributed by atoms with Crippen molar-refractivity contribution in [2.24, 2.45) is 0 Å². The average molecular weight is 298 g/mol. The minimum Gasteiger partial charge on any atom is -0.280 e. The molecule has 15 heavy (non-hydrogen) atoms. The van der Waals surface area contributed by atoms with Gasteiger partial charge in [-0.2, -0.15) is 0 Å². The van der Waals surface area contributed by atoms with Crippen molar-refractivity contribution in [3.8, 4) is 0 Å². The van der Waals surface area contributed by atoms with Gasteiger partial charge in [0.1, 0.15) is 0 Å². The summed E-state index contributed by atoms with van der Waals surface area (Å²) in [5, 5.41) is -0.229. The Balaban J connectivity index is 3.96. The van der Waals surface area contributed by atoms with Crippen LogP contribution in [0.3, 0.4) is 0 Å². The molecule has 0 radical (unpaired) electrons. The van der Waals surface area contributed by atoms with Gasteiger partial charge in [-0.25, -0.2) is 0 Å². The molecular formula is C12H22BrClO. The number of carbonyl (C=O) groups excluding carboxylic acids is 1. The summed E-state index contributed by atoms with van der Waals surface area (Å²) < 4.78 is -0.460. The monoisotopic (exact) mass is 296 g/mol. The average Bonchev–Trinajstić information content (AvgIpc) is 2.21. The summed E-state index contributed by atoms with van der Waals surface area (Å²) in [5.74, 6) is 0. The largest absolute Gasteiger partial charge is 0.280 e. The SMILES string of the molecule is CCCCCCC(Br)(CCCC)C(=O)Cl. The quantitative estimate of drug-likeness (QED) is 0.331. The van der Waals surface area contributed by atoms with Gasteiger partial charge in [0.2, 0.25) is 5.24 Å². The van der Waals surface area contributed by atoms with E-state index in [1.165, 1.54) is 19.3 Å². The molecule has 0 bridgehead atoms. The fourth-order valence-electron chi connectivity index (χ4n) is 1.61. The summed E-state index contributed by atoms with van der Waals surface area (Å²) >= 11 is 9.17. The molecule has 1 nitrogen and oxygen atoms in total. The lowest BCUT2D eigenvalue weighted by atomic mass is 9.96.